The van der Waals surface area contributed by atoms with Crippen LogP contribution in [0.3, 0.4) is 0 Å². The van der Waals surface area contributed by atoms with Crippen LogP contribution in [0.5, 0.6) is 6.01 Å². The van der Waals surface area contributed by atoms with Gasteiger partial charge in [-0.3, -0.25) is 9.48 Å². The highest BCUT2D eigenvalue weighted by atomic mass is 16.5. The Kier molecular flexibility index (Phi) is 4.14. The molecule has 0 saturated heterocycles. The number of rotatable bonds is 5. The number of nitrogens with one attached hydrogen (secondary N) is 1. The van der Waals surface area contributed by atoms with E-state index >= 15 is 0 Å². The van der Waals surface area contributed by atoms with Gasteiger partial charge in [0, 0.05) is 26.5 Å². The van der Waals surface area contributed by atoms with Crippen LogP contribution >= 0.6 is 0 Å². The van der Waals surface area contributed by atoms with Gasteiger partial charge in [-0.05, 0) is 6.07 Å². The highest BCUT2D eigenvalue weighted by Gasteiger charge is 2.12. The fourth-order valence-electron chi connectivity index (χ4n) is 1.62. The number of aromatic nitrogens is 4. The molecule has 0 bridgehead atoms. The van der Waals surface area contributed by atoms with Gasteiger partial charge in [-0.25, -0.2) is 4.98 Å². The molecule has 2 aromatic rings. The number of nitrogens with zero attached hydrogens (tertiary/aromatic N) is 5. The molecule has 8 nitrogen and oxygen atoms in total. The average Bonchev–Trinajstić information content (AvgIpc) is 2.91. The van der Waals surface area contributed by atoms with Crippen molar-refractivity contribution in [2.45, 2.75) is 6.54 Å². The zero-order valence-electron chi connectivity index (χ0n) is 11.6. The van der Waals surface area contributed by atoms with Gasteiger partial charge in [-0.2, -0.15) is 10.1 Å². The molecule has 0 aliphatic carbocycles. The normalized spacial score (nSPS) is 10.2. The van der Waals surface area contributed by atoms with Gasteiger partial charge in [0.05, 0.1) is 13.3 Å². The average molecular weight is 276 g/mol. The summed E-state index contributed by atoms with van der Waals surface area (Å²) in [5, 5.41) is 6.74. The highest BCUT2D eigenvalue weighted by Crippen LogP contribution is 2.22. The van der Waals surface area contributed by atoms with Gasteiger partial charge in [0.1, 0.15) is 12.2 Å². The standard InChI is InChI=1S/C12H16N6O2/c1-17(2)11-9(7-13-12(16-11)20-3)15-10(19)8-18-6-4-5-14-18/h4-7H,8H2,1-3H3,(H,15,19). The smallest absolute Gasteiger partial charge is 0.318 e. The van der Waals surface area contributed by atoms with E-state index in [0.29, 0.717) is 11.5 Å². The Hall–Kier alpha value is -2.64. The van der Waals surface area contributed by atoms with Crippen LogP contribution in [-0.2, 0) is 11.3 Å². The maximum Gasteiger partial charge on any atom is 0.318 e. The first-order valence-corrected chi connectivity index (χ1v) is 5.96. The van der Waals surface area contributed by atoms with E-state index in [1.165, 1.54) is 18.0 Å². The monoisotopic (exact) mass is 276 g/mol. The SMILES string of the molecule is COc1ncc(NC(=O)Cn2cccn2)c(N(C)C)n1. The number of methoxy groups -OCH3 is 1. The minimum absolute atomic E-state index is 0.131. The fourth-order valence-corrected chi connectivity index (χ4v) is 1.62. The van der Waals surface area contributed by atoms with Gasteiger partial charge < -0.3 is 15.0 Å². The summed E-state index contributed by atoms with van der Waals surface area (Å²) in [5.74, 6) is 0.372. The third kappa shape index (κ3) is 3.22. The minimum atomic E-state index is -0.203. The summed E-state index contributed by atoms with van der Waals surface area (Å²) >= 11 is 0. The van der Waals surface area contributed by atoms with Crippen molar-refractivity contribution in [1.82, 2.24) is 19.7 Å². The predicted molar refractivity (Wildman–Crippen MR) is 73.8 cm³/mol. The molecule has 20 heavy (non-hydrogen) atoms. The quantitative estimate of drug-likeness (QED) is 0.850. The Labute approximate surface area is 116 Å². The van der Waals surface area contributed by atoms with Crippen molar-refractivity contribution < 1.29 is 9.53 Å². The molecule has 0 unspecified atom stereocenters. The Morgan fingerprint density at radius 3 is 2.90 bits per heavy atom. The van der Waals surface area contributed by atoms with Crippen molar-refractivity contribution in [2.24, 2.45) is 0 Å². The Bertz CT molecular complexity index is 582. The van der Waals surface area contributed by atoms with Gasteiger partial charge in [0.2, 0.25) is 5.91 Å². The van der Waals surface area contributed by atoms with Crippen LogP contribution in [-0.4, -0.2) is 46.9 Å². The summed E-state index contributed by atoms with van der Waals surface area (Å²) in [7, 11) is 5.14. The Morgan fingerprint density at radius 2 is 2.30 bits per heavy atom. The van der Waals surface area contributed by atoms with Crippen LogP contribution in [0.4, 0.5) is 11.5 Å². The fraction of sp³-hybridized carbons (Fsp3) is 0.333. The second-order valence-corrected chi connectivity index (χ2v) is 4.24. The van der Waals surface area contributed by atoms with E-state index in [4.69, 9.17) is 4.74 Å². The van der Waals surface area contributed by atoms with E-state index in [1.54, 1.807) is 23.4 Å². The van der Waals surface area contributed by atoms with Crippen molar-refractivity contribution >= 4 is 17.4 Å². The molecule has 0 aliphatic rings. The van der Waals surface area contributed by atoms with Gasteiger partial charge in [-0.15, -0.1) is 0 Å². The lowest BCUT2D eigenvalue weighted by atomic mass is 10.4. The number of hydrogen-bond acceptors (Lipinski definition) is 6. The van der Waals surface area contributed by atoms with Gasteiger partial charge >= 0.3 is 6.01 Å². The summed E-state index contributed by atoms with van der Waals surface area (Å²) in [6, 6.07) is 2.01. The lowest BCUT2D eigenvalue weighted by molar-refractivity contribution is -0.116. The van der Waals surface area contributed by atoms with Crippen LogP contribution < -0.4 is 15.0 Å². The summed E-state index contributed by atoms with van der Waals surface area (Å²) in [5.41, 5.74) is 0.521. The number of hydrogen-bond donors (Lipinski definition) is 1. The first-order valence-electron chi connectivity index (χ1n) is 5.96. The molecule has 0 aliphatic heterocycles. The van der Waals surface area contributed by atoms with Crippen molar-refractivity contribution in [3.05, 3.63) is 24.7 Å². The number of anilines is 2. The molecule has 106 valence electrons. The largest absolute Gasteiger partial charge is 0.467 e. The van der Waals surface area contributed by atoms with Crippen LogP contribution in [0, 0.1) is 0 Å². The lowest BCUT2D eigenvalue weighted by Crippen LogP contribution is -2.22. The third-order valence-corrected chi connectivity index (χ3v) is 2.49. The minimum Gasteiger partial charge on any atom is -0.467 e. The zero-order valence-corrected chi connectivity index (χ0v) is 11.6. The third-order valence-electron chi connectivity index (χ3n) is 2.49. The number of ether oxygens (including phenoxy) is 1. The molecule has 0 saturated carbocycles. The van der Waals surface area contributed by atoms with E-state index in [2.05, 4.69) is 20.4 Å². The van der Waals surface area contributed by atoms with E-state index in [1.807, 2.05) is 14.1 Å². The molecule has 0 aromatic carbocycles. The van der Waals surface area contributed by atoms with Crippen molar-refractivity contribution in [3.8, 4) is 6.01 Å². The second kappa shape index (κ2) is 6.00. The second-order valence-electron chi connectivity index (χ2n) is 4.24. The molecular formula is C12H16N6O2. The number of amides is 1. The van der Waals surface area contributed by atoms with E-state index in [-0.39, 0.29) is 18.5 Å². The molecule has 1 N–H and O–H groups in total. The van der Waals surface area contributed by atoms with E-state index < -0.39 is 0 Å². The molecule has 0 spiro atoms. The Morgan fingerprint density at radius 1 is 1.50 bits per heavy atom. The predicted octanol–water partition coefficient (Wildman–Crippen LogP) is 0.386. The van der Waals surface area contributed by atoms with Crippen molar-refractivity contribution in [3.63, 3.8) is 0 Å². The molecule has 2 heterocycles. The van der Waals surface area contributed by atoms with E-state index in [0.717, 1.165) is 0 Å². The summed E-state index contributed by atoms with van der Waals surface area (Å²) < 4.78 is 6.51. The highest BCUT2D eigenvalue weighted by molar-refractivity contribution is 5.93. The maximum atomic E-state index is 11.9. The maximum absolute atomic E-state index is 11.9. The van der Waals surface area contributed by atoms with Gasteiger partial charge in [0.25, 0.3) is 0 Å². The van der Waals surface area contributed by atoms with Crippen LogP contribution in [0.15, 0.2) is 24.7 Å². The lowest BCUT2D eigenvalue weighted by Gasteiger charge is -2.16. The molecule has 8 heteroatoms. The molecule has 2 rings (SSSR count). The first kappa shape index (κ1) is 13.8. The molecular weight excluding hydrogens is 260 g/mol. The summed E-state index contributed by atoms with van der Waals surface area (Å²) in [6.45, 7) is 0.131. The van der Waals surface area contributed by atoms with Gasteiger partial charge in [-0.1, -0.05) is 0 Å². The molecule has 0 fully saturated rings. The van der Waals surface area contributed by atoms with Crippen LogP contribution in [0.1, 0.15) is 0 Å². The molecule has 0 radical (unpaired) electrons. The Balaban J connectivity index is 2.13. The molecule has 0 atom stereocenters. The van der Waals surface area contributed by atoms with Crippen molar-refractivity contribution in [1.29, 1.82) is 0 Å². The van der Waals surface area contributed by atoms with Crippen LogP contribution in [0.2, 0.25) is 0 Å². The van der Waals surface area contributed by atoms with Gasteiger partial charge in [0.15, 0.2) is 5.82 Å². The van der Waals surface area contributed by atoms with E-state index in [9.17, 15) is 4.79 Å². The zero-order chi connectivity index (χ0) is 14.5. The van der Waals surface area contributed by atoms with Crippen LogP contribution in [0.25, 0.3) is 0 Å². The number of carbonyl (C=O) groups is 1. The molecule has 2 aromatic heterocycles. The number of carbonyl (C=O) groups excluding carboxylic acids is 1. The first-order chi connectivity index (χ1) is 9.60. The topological polar surface area (TPSA) is 85.2 Å². The van der Waals surface area contributed by atoms with Crippen molar-refractivity contribution in [2.75, 3.05) is 31.4 Å². The summed E-state index contributed by atoms with van der Waals surface area (Å²) in [6.07, 6.45) is 4.86. The summed E-state index contributed by atoms with van der Waals surface area (Å²) in [4.78, 5) is 21.9. The molecule has 1 amide bonds.